The van der Waals surface area contributed by atoms with Gasteiger partial charge in [0.25, 0.3) is 0 Å². The van der Waals surface area contributed by atoms with E-state index >= 15 is 0 Å². The Kier molecular flexibility index (Phi) is 5.81. The Balaban J connectivity index is 1.12. The number of rotatable bonds is 4. The summed E-state index contributed by atoms with van der Waals surface area (Å²) in [6.45, 7) is 0. The van der Waals surface area contributed by atoms with Crippen molar-refractivity contribution in [2.45, 2.75) is 0 Å². The summed E-state index contributed by atoms with van der Waals surface area (Å²) >= 11 is 0. The van der Waals surface area contributed by atoms with Crippen molar-refractivity contribution in [1.82, 2.24) is 19.5 Å². The molecule has 4 aromatic heterocycles. The van der Waals surface area contributed by atoms with E-state index in [2.05, 4.69) is 131 Å². The zero-order valence-corrected chi connectivity index (χ0v) is 25.7. The maximum Gasteiger partial charge on any atom is 0.160 e. The van der Waals surface area contributed by atoms with Crippen molar-refractivity contribution in [3.05, 3.63) is 158 Å². The van der Waals surface area contributed by atoms with Crippen LogP contribution in [0.15, 0.2) is 162 Å². The summed E-state index contributed by atoms with van der Waals surface area (Å²) in [4.78, 5) is 14.7. The molecule has 0 saturated carbocycles. The minimum absolute atomic E-state index is 0.682. The van der Waals surface area contributed by atoms with E-state index in [1.807, 2.05) is 36.5 Å². The van der Waals surface area contributed by atoms with Crippen molar-refractivity contribution in [1.29, 1.82) is 0 Å². The average Bonchev–Trinajstić information content (AvgIpc) is 3.69. The van der Waals surface area contributed by atoms with Gasteiger partial charge in [0.15, 0.2) is 5.82 Å². The summed E-state index contributed by atoms with van der Waals surface area (Å²) in [6.07, 6.45) is 1.82. The molecule has 0 aliphatic rings. The van der Waals surface area contributed by atoms with Crippen LogP contribution >= 0.6 is 0 Å². The molecule has 0 amide bonds. The van der Waals surface area contributed by atoms with Gasteiger partial charge in [0.1, 0.15) is 11.2 Å². The Morgan fingerprint density at radius 3 is 1.90 bits per heavy atom. The molecule has 0 radical (unpaired) electrons. The van der Waals surface area contributed by atoms with Gasteiger partial charge in [-0.15, -0.1) is 0 Å². The van der Waals surface area contributed by atoms with E-state index in [0.717, 1.165) is 66.6 Å². The van der Waals surface area contributed by atoms with Crippen LogP contribution in [0.1, 0.15) is 0 Å². The molecule has 0 bridgehead atoms. The Bertz CT molecular complexity index is 2780. The maximum atomic E-state index is 6.27. The predicted octanol–water partition coefficient (Wildman–Crippen LogP) is 11.0. The first kappa shape index (κ1) is 26.6. The summed E-state index contributed by atoms with van der Waals surface area (Å²) in [5, 5.41) is 5.62. The molecule has 4 heterocycles. The maximum absolute atomic E-state index is 6.27. The lowest BCUT2D eigenvalue weighted by atomic mass is 10.0. The van der Waals surface area contributed by atoms with Gasteiger partial charge in [0.05, 0.1) is 27.9 Å². The molecule has 224 valence electrons. The molecule has 5 nitrogen and oxygen atoms in total. The third kappa shape index (κ3) is 4.22. The van der Waals surface area contributed by atoms with E-state index in [-0.39, 0.29) is 0 Å². The van der Waals surface area contributed by atoms with Crippen LogP contribution in [0.3, 0.4) is 0 Å². The molecule has 6 aromatic carbocycles. The molecular weight excluding hydrogens is 589 g/mol. The first-order chi connectivity index (χ1) is 23.8. The zero-order chi connectivity index (χ0) is 31.6. The molecule has 10 aromatic rings. The van der Waals surface area contributed by atoms with Crippen molar-refractivity contribution in [3.8, 4) is 39.6 Å². The van der Waals surface area contributed by atoms with Gasteiger partial charge in [-0.05, 0) is 66.7 Å². The largest absolute Gasteiger partial charge is 0.456 e. The minimum atomic E-state index is 0.682. The summed E-state index contributed by atoms with van der Waals surface area (Å²) in [5.74, 6) is 0.682. The average molecular weight is 615 g/mol. The van der Waals surface area contributed by atoms with Gasteiger partial charge in [-0.3, -0.25) is 4.98 Å². The number of para-hydroxylation sites is 2. The van der Waals surface area contributed by atoms with Crippen LogP contribution in [0.25, 0.3) is 94.2 Å². The Labute approximate surface area is 275 Å². The van der Waals surface area contributed by atoms with Crippen LogP contribution in [-0.4, -0.2) is 19.5 Å². The highest BCUT2D eigenvalue weighted by atomic mass is 16.3. The van der Waals surface area contributed by atoms with Gasteiger partial charge in [-0.1, -0.05) is 84.9 Å². The van der Waals surface area contributed by atoms with E-state index in [0.29, 0.717) is 5.82 Å². The second-order valence-electron chi connectivity index (χ2n) is 12.1. The van der Waals surface area contributed by atoms with Crippen molar-refractivity contribution in [3.63, 3.8) is 0 Å². The lowest BCUT2D eigenvalue weighted by Gasteiger charge is -2.11. The molecule has 0 saturated heterocycles. The van der Waals surface area contributed by atoms with Crippen molar-refractivity contribution in [2.75, 3.05) is 0 Å². The number of pyridine rings is 1. The molecule has 0 N–H and O–H groups in total. The Hall–Kier alpha value is -6.59. The minimum Gasteiger partial charge on any atom is -0.456 e. The monoisotopic (exact) mass is 614 g/mol. The Morgan fingerprint density at radius 1 is 0.458 bits per heavy atom. The quantitative estimate of drug-likeness (QED) is 0.198. The molecule has 0 fully saturated rings. The fourth-order valence-corrected chi connectivity index (χ4v) is 6.94. The van der Waals surface area contributed by atoms with Crippen LogP contribution in [0.5, 0.6) is 0 Å². The summed E-state index contributed by atoms with van der Waals surface area (Å²) in [7, 11) is 0. The van der Waals surface area contributed by atoms with E-state index in [1.165, 1.54) is 21.8 Å². The van der Waals surface area contributed by atoms with Gasteiger partial charge in [-0.2, -0.15) is 0 Å². The smallest absolute Gasteiger partial charge is 0.160 e. The van der Waals surface area contributed by atoms with E-state index in [9.17, 15) is 0 Å². The molecule has 48 heavy (non-hydrogen) atoms. The molecule has 0 spiro atoms. The van der Waals surface area contributed by atoms with Crippen LogP contribution in [0, 0.1) is 0 Å². The second-order valence-corrected chi connectivity index (χ2v) is 12.1. The van der Waals surface area contributed by atoms with E-state index < -0.39 is 0 Å². The number of benzene rings is 6. The molecule has 10 rings (SSSR count). The molecule has 5 heteroatoms. The van der Waals surface area contributed by atoms with Crippen molar-refractivity contribution >= 4 is 54.6 Å². The van der Waals surface area contributed by atoms with E-state index in [1.54, 1.807) is 0 Å². The van der Waals surface area contributed by atoms with Crippen LogP contribution in [0.2, 0.25) is 0 Å². The normalized spacial score (nSPS) is 11.8. The molecule has 0 unspecified atom stereocenters. The van der Waals surface area contributed by atoms with Gasteiger partial charge >= 0.3 is 0 Å². The topological polar surface area (TPSA) is 56.7 Å². The zero-order valence-electron chi connectivity index (χ0n) is 25.7. The van der Waals surface area contributed by atoms with Crippen molar-refractivity contribution < 1.29 is 4.42 Å². The van der Waals surface area contributed by atoms with Crippen LogP contribution < -0.4 is 0 Å². The fourth-order valence-electron chi connectivity index (χ4n) is 6.94. The second kappa shape index (κ2) is 10.5. The summed E-state index contributed by atoms with van der Waals surface area (Å²) in [5.41, 5.74) is 10.8. The van der Waals surface area contributed by atoms with Gasteiger partial charge in [0, 0.05) is 55.5 Å². The lowest BCUT2D eigenvalue weighted by molar-refractivity contribution is 0.669. The van der Waals surface area contributed by atoms with Crippen LogP contribution in [0.4, 0.5) is 0 Å². The lowest BCUT2D eigenvalue weighted by Crippen LogP contribution is -1.97. The highest BCUT2D eigenvalue weighted by molar-refractivity contribution is 6.11. The molecular formula is C43H26N4O. The number of hydrogen-bond donors (Lipinski definition) is 0. The standard InChI is InChI=1S/C43H26N4O/c1-2-9-28(10-3-1)43-45-37(27-16-19-31(20-17-27)47-39-14-6-4-12-32(39)33-13-5-7-15-40(33)47)26-38(46-43)30-18-21-41-34(23-30)35-25-36-29(11-8-22-44-36)24-42(35)48-41/h1-26H. The molecule has 0 aliphatic heterocycles. The highest BCUT2D eigenvalue weighted by Crippen LogP contribution is 2.36. The highest BCUT2D eigenvalue weighted by Gasteiger charge is 2.16. The van der Waals surface area contributed by atoms with E-state index in [4.69, 9.17) is 14.4 Å². The van der Waals surface area contributed by atoms with Crippen molar-refractivity contribution in [2.24, 2.45) is 0 Å². The summed E-state index contributed by atoms with van der Waals surface area (Å²) < 4.78 is 8.60. The Morgan fingerprint density at radius 2 is 1.12 bits per heavy atom. The number of fused-ring (bicyclic) bond motifs is 7. The number of furan rings is 1. The first-order valence-corrected chi connectivity index (χ1v) is 16.0. The summed E-state index contributed by atoms with van der Waals surface area (Å²) in [6, 6.07) is 52.6. The molecule has 0 atom stereocenters. The van der Waals surface area contributed by atoms with Gasteiger partial charge < -0.3 is 8.98 Å². The van der Waals surface area contributed by atoms with Crippen LogP contribution in [-0.2, 0) is 0 Å². The first-order valence-electron chi connectivity index (χ1n) is 16.0. The molecule has 0 aliphatic carbocycles. The fraction of sp³-hybridized carbons (Fsp3) is 0. The van der Waals surface area contributed by atoms with Gasteiger partial charge in [-0.25, -0.2) is 9.97 Å². The third-order valence-corrected chi connectivity index (χ3v) is 9.25. The number of nitrogens with zero attached hydrogens (tertiary/aromatic N) is 4. The number of hydrogen-bond acceptors (Lipinski definition) is 4. The number of aromatic nitrogens is 4. The predicted molar refractivity (Wildman–Crippen MR) is 195 cm³/mol. The third-order valence-electron chi connectivity index (χ3n) is 9.25. The van der Waals surface area contributed by atoms with Gasteiger partial charge in [0.2, 0.25) is 0 Å². The SMILES string of the molecule is c1ccc(-c2nc(-c3ccc(-n4c5ccccc5c5ccccc54)cc3)cc(-c3ccc4oc5cc6cccnc6cc5c4c3)n2)cc1.